The van der Waals surface area contributed by atoms with Crippen molar-refractivity contribution in [1.29, 1.82) is 0 Å². The molecule has 0 aliphatic carbocycles. The van der Waals surface area contributed by atoms with Gasteiger partial charge in [0.15, 0.2) is 0 Å². The maximum absolute atomic E-state index is 4.43. The number of hydrogen-bond acceptors (Lipinski definition) is 4. The first-order valence-corrected chi connectivity index (χ1v) is 6.70. The average molecular weight is 250 g/mol. The van der Waals surface area contributed by atoms with E-state index in [9.17, 15) is 0 Å². The third kappa shape index (κ3) is 2.92. The standard InChI is InChI=1S/C12H18N4S/c1-4-13-11(12-9(2)14-8-17-12)7-10-5-6-16(3)15-10/h5-6,8,11,13H,4,7H2,1-3H3. The molecule has 92 valence electrons. The summed E-state index contributed by atoms with van der Waals surface area (Å²) in [6, 6.07) is 2.39. The lowest BCUT2D eigenvalue weighted by Crippen LogP contribution is -2.23. The van der Waals surface area contributed by atoms with Crippen LogP contribution in [0.1, 0.15) is 29.2 Å². The van der Waals surface area contributed by atoms with Crippen LogP contribution in [0, 0.1) is 6.92 Å². The zero-order valence-corrected chi connectivity index (χ0v) is 11.3. The highest BCUT2D eigenvalue weighted by atomic mass is 32.1. The van der Waals surface area contributed by atoms with Gasteiger partial charge >= 0.3 is 0 Å². The fraction of sp³-hybridized carbons (Fsp3) is 0.500. The van der Waals surface area contributed by atoms with Crippen molar-refractivity contribution >= 4 is 11.3 Å². The molecule has 0 amide bonds. The Bertz CT molecular complexity index is 474. The molecule has 0 aliphatic rings. The van der Waals surface area contributed by atoms with E-state index in [4.69, 9.17) is 0 Å². The van der Waals surface area contributed by atoms with Crippen molar-refractivity contribution in [3.8, 4) is 0 Å². The summed E-state index contributed by atoms with van der Waals surface area (Å²) in [5.74, 6) is 0. The molecule has 0 radical (unpaired) electrons. The number of nitrogens with zero attached hydrogens (tertiary/aromatic N) is 3. The van der Waals surface area contributed by atoms with Gasteiger partial charge in [0, 0.05) is 30.6 Å². The molecular weight excluding hydrogens is 232 g/mol. The molecule has 0 spiro atoms. The van der Waals surface area contributed by atoms with Crippen LogP contribution in [0.5, 0.6) is 0 Å². The minimum atomic E-state index is 0.322. The first-order chi connectivity index (χ1) is 8.20. The summed E-state index contributed by atoms with van der Waals surface area (Å²) in [6.45, 7) is 5.14. The van der Waals surface area contributed by atoms with Gasteiger partial charge in [-0.1, -0.05) is 6.92 Å². The topological polar surface area (TPSA) is 42.7 Å². The Morgan fingerprint density at radius 1 is 1.53 bits per heavy atom. The van der Waals surface area contributed by atoms with Crippen molar-refractivity contribution in [1.82, 2.24) is 20.1 Å². The van der Waals surface area contributed by atoms with E-state index in [1.54, 1.807) is 11.3 Å². The van der Waals surface area contributed by atoms with E-state index in [-0.39, 0.29) is 0 Å². The maximum Gasteiger partial charge on any atom is 0.0798 e. The van der Waals surface area contributed by atoms with Gasteiger partial charge in [-0.3, -0.25) is 4.68 Å². The fourth-order valence-electron chi connectivity index (χ4n) is 1.93. The van der Waals surface area contributed by atoms with Crippen LogP contribution in [0.2, 0.25) is 0 Å². The molecule has 0 saturated carbocycles. The molecule has 0 saturated heterocycles. The smallest absolute Gasteiger partial charge is 0.0798 e. The largest absolute Gasteiger partial charge is 0.309 e. The van der Waals surface area contributed by atoms with Crippen molar-refractivity contribution in [2.24, 2.45) is 7.05 Å². The number of aromatic nitrogens is 3. The third-order valence-corrected chi connectivity index (χ3v) is 3.78. The number of rotatable bonds is 5. The average Bonchev–Trinajstić information content (AvgIpc) is 2.87. The Labute approximate surface area is 106 Å². The summed E-state index contributed by atoms with van der Waals surface area (Å²) >= 11 is 1.72. The van der Waals surface area contributed by atoms with E-state index < -0.39 is 0 Å². The summed E-state index contributed by atoms with van der Waals surface area (Å²) in [5, 5.41) is 7.94. The summed E-state index contributed by atoms with van der Waals surface area (Å²) < 4.78 is 1.85. The van der Waals surface area contributed by atoms with Crippen LogP contribution >= 0.6 is 11.3 Å². The van der Waals surface area contributed by atoms with Crippen LogP contribution in [-0.2, 0) is 13.5 Å². The zero-order valence-electron chi connectivity index (χ0n) is 10.5. The van der Waals surface area contributed by atoms with Gasteiger partial charge < -0.3 is 5.32 Å². The molecule has 1 atom stereocenters. The van der Waals surface area contributed by atoms with E-state index >= 15 is 0 Å². The Kier molecular flexibility index (Phi) is 3.91. The predicted molar refractivity (Wildman–Crippen MR) is 70.2 cm³/mol. The maximum atomic E-state index is 4.43. The molecule has 1 N–H and O–H groups in total. The molecule has 0 aliphatic heterocycles. The van der Waals surface area contributed by atoms with Gasteiger partial charge in [-0.2, -0.15) is 5.10 Å². The third-order valence-electron chi connectivity index (χ3n) is 2.73. The molecule has 1 unspecified atom stereocenters. The van der Waals surface area contributed by atoms with Crippen LogP contribution in [0.15, 0.2) is 17.8 Å². The van der Waals surface area contributed by atoms with Gasteiger partial charge in [-0.15, -0.1) is 11.3 Å². The second kappa shape index (κ2) is 5.42. The van der Waals surface area contributed by atoms with Gasteiger partial charge in [0.1, 0.15) is 0 Å². The Morgan fingerprint density at radius 2 is 2.35 bits per heavy atom. The van der Waals surface area contributed by atoms with Crippen LogP contribution in [0.3, 0.4) is 0 Å². The molecule has 0 bridgehead atoms. The van der Waals surface area contributed by atoms with Gasteiger partial charge in [0.25, 0.3) is 0 Å². The normalized spacial score (nSPS) is 12.9. The van der Waals surface area contributed by atoms with Crippen LogP contribution < -0.4 is 5.32 Å². The molecule has 17 heavy (non-hydrogen) atoms. The number of aryl methyl sites for hydroxylation is 2. The molecule has 2 aromatic heterocycles. The van der Waals surface area contributed by atoms with Gasteiger partial charge in [-0.05, 0) is 19.5 Å². The molecule has 2 aromatic rings. The van der Waals surface area contributed by atoms with Crippen LogP contribution in [0.4, 0.5) is 0 Å². The van der Waals surface area contributed by atoms with Crippen molar-refractivity contribution in [2.45, 2.75) is 26.3 Å². The minimum absolute atomic E-state index is 0.322. The zero-order chi connectivity index (χ0) is 12.3. The number of likely N-dealkylation sites (N-methyl/N-ethyl adjacent to an activating group) is 1. The van der Waals surface area contributed by atoms with Gasteiger partial charge in [0.05, 0.1) is 16.9 Å². The van der Waals surface area contributed by atoms with Crippen molar-refractivity contribution in [3.63, 3.8) is 0 Å². The lowest BCUT2D eigenvalue weighted by atomic mass is 10.1. The second-order valence-electron chi connectivity index (χ2n) is 4.10. The summed E-state index contributed by atoms with van der Waals surface area (Å²) in [7, 11) is 1.95. The first-order valence-electron chi connectivity index (χ1n) is 5.82. The number of nitrogens with one attached hydrogen (secondary N) is 1. The molecular formula is C12H18N4S. The lowest BCUT2D eigenvalue weighted by Gasteiger charge is -2.15. The number of hydrogen-bond donors (Lipinski definition) is 1. The van der Waals surface area contributed by atoms with E-state index in [2.05, 4.69) is 35.3 Å². The minimum Gasteiger partial charge on any atom is -0.309 e. The first kappa shape index (κ1) is 12.3. The van der Waals surface area contributed by atoms with E-state index in [1.807, 2.05) is 23.4 Å². The van der Waals surface area contributed by atoms with Gasteiger partial charge in [0.2, 0.25) is 0 Å². The molecule has 0 fully saturated rings. The Hall–Kier alpha value is -1.20. The summed E-state index contributed by atoms with van der Waals surface area (Å²) in [6.07, 6.45) is 2.90. The van der Waals surface area contributed by atoms with E-state index in [0.29, 0.717) is 6.04 Å². The highest BCUT2D eigenvalue weighted by Gasteiger charge is 2.16. The van der Waals surface area contributed by atoms with E-state index in [1.165, 1.54) is 4.88 Å². The highest BCUT2D eigenvalue weighted by molar-refractivity contribution is 7.09. The Morgan fingerprint density at radius 3 is 2.88 bits per heavy atom. The quantitative estimate of drug-likeness (QED) is 0.883. The second-order valence-corrected chi connectivity index (χ2v) is 4.98. The van der Waals surface area contributed by atoms with Gasteiger partial charge in [-0.25, -0.2) is 4.98 Å². The number of thiazole rings is 1. The highest BCUT2D eigenvalue weighted by Crippen LogP contribution is 2.24. The predicted octanol–water partition coefficient (Wildman–Crippen LogP) is 2.08. The van der Waals surface area contributed by atoms with Crippen molar-refractivity contribution in [3.05, 3.63) is 34.0 Å². The fourth-order valence-corrected chi connectivity index (χ4v) is 2.81. The van der Waals surface area contributed by atoms with Crippen LogP contribution in [-0.4, -0.2) is 21.3 Å². The molecule has 2 heterocycles. The summed E-state index contributed by atoms with van der Waals surface area (Å²) in [5.41, 5.74) is 4.15. The monoisotopic (exact) mass is 250 g/mol. The van der Waals surface area contributed by atoms with Crippen LogP contribution in [0.25, 0.3) is 0 Å². The van der Waals surface area contributed by atoms with E-state index in [0.717, 1.165) is 24.4 Å². The SMILES string of the molecule is CCNC(Cc1ccn(C)n1)c1scnc1C. The van der Waals surface area contributed by atoms with Crippen molar-refractivity contribution in [2.75, 3.05) is 6.54 Å². The Balaban J connectivity index is 2.15. The molecule has 2 rings (SSSR count). The summed E-state index contributed by atoms with van der Waals surface area (Å²) in [4.78, 5) is 5.64. The molecule has 0 aromatic carbocycles. The molecule has 4 nitrogen and oxygen atoms in total. The molecule has 5 heteroatoms. The lowest BCUT2D eigenvalue weighted by molar-refractivity contribution is 0.544. The van der Waals surface area contributed by atoms with Crippen molar-refractivity contribution < 1.29 is 0 Å².